The molecular formula is C17H24ClN3O2. The largest absolute Gasteiger partial charge is 0.351 e. The molecule has 0 radical (unpaired) electrons. The lowest BCUT2D eigenvalue weighted by atomic mass is 10.0. The van der Waals surface area contributed by atoms with Crippen LogP contribution in [0.4, 0.5) is 0 Å². The first-order chi connectivity index (χ1) is 10.5. The van der Waals surface area contributed by atoms with Crippen LogP contribution in [0.25, 0.3) is 0 Å². The zero-order valence-corrected chi connectivity index (χ0v) is 14.2. The van der Waals surface area contributed by atoms with Crippen LogP contribution in [-0.2, 0) is 16.0 Å². The molecule has 2 amide bonds. The Balaban J connectivity index is 0.00000192. The molecule has 0 heterocycles. The lowest BCUT2D eigenvalue weighted by molar-refractivity contribution is -0.127. The van der Waals surface area contributed by atoms with Crippen molar-refractivity contribution in [2.75, 3.05) is 6.54 Å². The second-order valence-corrected chi connectivity index (χ2v) is 6.67. The minimum atomic E-state index is -0.569. The first kappa shape index (κ1) is 17.8. The molecule has 3 rings (SSSR count). The van der Waals surface area contributed by atoms with E-state index >= 15 is 0 Å². The second kappa shape index (κ2) is 6.89. The SMILES string of the molecule is CC(C)[C@H](N)C(=O)NCC(=O)NC1C2Cc3ccccc3C21.Cl. The predicted molar refractivity (Wildman–Crippen MR) is 91.4 cm³/mol. The van der Waals surface area contributed by atoms with E-state index in [4.69, 9.17) is 5.73 Å². The lowest BCUT2D eigenvalue weighted by Gasteiger charge is -2.15. The summed E-state index contributed by atoms with van der Waals surface area (Å²) in [6.45, 7) is 3.76. The van der Waals surface area contributed by atoms with Gasteiger partial charge in [0, 0.05) is 12.0 Å². The molecule has 0 aromatic heterocycles. The normalized spacial score (nSPS) is 25.0. The van der Waals surface area contributed by atoms with Crippen molar-refractivity contribution >= 4 is 24.2 Å². The number of fused-ring (bicyclic) bond motifs is 3. The van der Waals surface area contributed by atoms with Gasteiger partial charge in [0.2, 0.25) is 11.8 Å². The predicted octanol–water partition coefficient (Wildman–Crippen LogP) is 0.962. The highest BCUT2D eigenvalue weighted by Crippen LogP contribution is 2.56. The van der Waals surface area contributed by atoms with E-state index in [1.807, 2.05) is 19.9 Å². The maximum absolute atomic E-state index is 12.0. The Bertz CT molecular complexity index is 605. The fraction of sp³-hybridized carbons (Fsp3) is 0.529. The number of benzene rings is 1. The van der Waals surface area contributed by atoms with Gasteiger partial charge in [-0.1, -0.05) is 38.1 Å². The van der Waals surface area contributed by atoms with Gasteiger partial charge in [-0.05, 0) is 29.4 Å². The molecule has 1 fully saturated rings. The van der Waals surface area contributed by atoms with E-state index < -0.39 is 6.04 Å². The van der Waals surface area contributed by atoms with Gasteiger partial charge in [-0.2, -0.15) is 0 Å². The molecular weight excluding hydrogens is 314 g/mol. The van der Waals surface area contributed by atoms with Crippen LogP contribution in [0, 0.1) is 11.8 Å². The average molecular weight is 338 g/mol. The number of nitrogens with one attached hydrogen (secondary N) is 2. The molecule has 0 aliphatic heterocycles. The molecule has 2 aliphatic carbocycles. The molecule has 4 atom stereocenters. The number of halogens is 1. The van der Waals surface area contributed by atoms with Gasteiger partial charge >= 0.3 is 0 Å². The van der Waals surface area contributed by atoms with Crippen molar-refractivity contribution in [2.45, 2.75) is 38.3 Å². The van der Waals surface area contributed by atoms with E-state index in [1.54, 1.807) is 0 Å². The monoisotopic (exact) mass is 337 g/mol. The summed E-state index contributed by atoms with van der Waals surface area (Å²) >= 11 is 0. The molecule has 1 aromatic rings. The number of hydrogen-bond acceptors (Lipinski definition) is 3. The van der Waals surface area contributed by atoms with Crippen LogP contribution >= 0.6 is 12.4 Å². The van der Waals surface area contributed by atoms with Crippen LogP contribution in [0.1, 0.15) is 30.9 Å². The summed E-state index contributed by atoms with van der Waals surface area (Å²) in [4.78, 5) is 23.7. The molecule has 23 heavy (non-hydrogen) atoms. The van der Waals surface area contributed by atoms with Crippen molar-refractivity contribution < 1.29 is 9.59 Å². The van der Waals surface area contributed by atoms with E-state index in [0.717, 1.165) is 6.42 Å². The fourth-order valence-electron chi connectivity index (χ4n) is 3.37. The van der Waals surface area contributed by atoms with Crippen LogP contribution in [0.2, 0.25) is 0 Å². The third-order valence-corrected chi connectivity index (χ3v) is 4.81. The van der Waals surface area contributed by atoms with Crippen LogP contribution in [0.15, 0.2) is 24.3 Å². The highest BCUT2D eigenvalue weighted by atomic mass is 35.5. The molecule has 126 valence electrons. The van der Waals surface area contributed by atoms with E-state index in [0.29, 0.717) is 11.8 Å². The maximum Gasteiger partial charge on any atom is 0.239 e. The Morgan fingerprint density at radius 2 is 2.00 bits per heavy atom. The number of rotatable bonds is 5. The zero-order valence-electron chi connectivity index (χ0n) is 13.4. The molecule has 5 nitrogen and oxygen atoms in total. The van der Waals surface area contributed by atoms with E-state index in [2.05, 4.69) is 28.8 Å². The van der Waals surface area contributed by atoms with Crippen LogP contribution in [0.5, 0.6) is 0 Å². The highest BCUT2D eigenvalue weighted by molar-refractivity contribution is 5.87. The number of carbonyl (C=O) groups is 2. The number of nitrogens with two attached hydrogens (primary N) is 1. The third kappa shape index (κ3) is 3.51. The molecule has 0 bridgehead atoms. The van der Waals surface area contributed by atoms with E-state index in [9.17, 15) is 9.59 Å². The first-order valence-electron chi connectivity index (χ1n) is 7.89. The quantitative estimate of drug-likeness (QED) is 0.748. The van der Waals surface area contributed by atoms with Crippen LogP contribution in [-0.4, -0.2) is 30.4 Å². The Kier molecular flexibility index (Phi) is 5.32. The van der Waals surface area contributed by atoms with Crippen molar-refractivity contribution in [1.29, 1.82) is 0 Å². The van der Waals surface area contributed by atoms with Crippen molar-refractivity contribution in [1.82, 2.24) is 10.6 Å². The van der Waals surface area contributed by atoms with Crippen LogP contribution in [0.3, 0.4) is 0 Å². The summed E-state index contributed by atoms with van der Waals surface area (Å²) in [5.74, 6) is 0.624. The van der Waals surface area contributed by atoms with Gasteiger partial charge < -0.3 is 16.4 Å². The van der Waals surface area contributed by atoms with Crippen LogP contribution < -0.4 is 16.4 Å². The molecule has 0 spiro atoms. The third-order valence-electron chi connectivity index (χ3n) is 4.81. The minimum absolute atomic E-state index is 0. The fourth-order valence-corrected chi connectivity index (χ4v) is 3.37. The van der Waals surface area contributed by atoms with Crippen molar-refractivity contribution in [3.05, 3.63) is 35.4 Å². The highest BCUT2D eigenvalue weighted by Gasteiger charge is 2.56. The lowest BCUT2D eigenvalue weighted by Crippen LogP contribution is -2.47. The molecule has 1 saturated carbocycles. The topological polar surface area (TPSA) is 84.2 Å². The second-order valence-electron chi connectivity index (χ2n) is 6.67. The van der Waals surface area contributed by atoms with Crippen molar-refractivity contribution in [3.63, 3.8) is 0 Å². The number of carbonyl (C=O) groups excluding carboxylic acids is 2. The van der Waals surface area contributed by atoms with Crippen molar-refractivity contribution in [2.24, 2.45) is 17.6 Å². The number of amides is 2. The summed E-state index contributed by atoms with van der Waals surface area (Å²) in [5, 5.41) is 5.63. The maximum atomic E-state index is 12.0. The van der Waals surface area contributed by atoms with Crippen molar-refractivity contribution in [3.8, 4) is 0 Å². The Hall–Kier alpha value is -1.59. The van der Waals surface area contributed by atoms with Gasteiger partial charge in [0.05, 0.1) is 12.6 Å². The Morgan fingerprint density at radius 1 is 1.30 bits per heavy atom. The molecule has 6 heteroatoms. The summed E-state index contributed by atoms with van der Waals surface area (Å²) < 4.78 is 0. The molecule has 0 saturated heterocycles. The minimum Gasteiger partial charge on any atom is -0.351 e. The van der Waals surface area contributed by atoms with Gasteiger partial charge in [0.1, 0.15) is 0 Å². The van der Waals surface area contributed by atoms with Gasteiger partial charge in [-0.25, -0.2) is 0 Å². The Labute approximate surface area is 142 Å². The molecule has 2 aliphatic rings. The summed E-state index contributed by atoms with van der Waals surface area (Å²) in [6.07, 6.45) is 1.04. The molecule has 1 aromatic carbocycles. The smallest absolute Gasteiger partial charge is 0.239 e. The van der Waals surface area contributed by atoms with Gasteiger partial charge in [-0.3, -0.25) is 9.59 Å². The summed E-state index contributed by atoms with van der Waals surface area (Å²) in [5.41, 5.74) is 8.51. The first-order valence-corrected chi connectivity index (χ1v) is 7.89. The standard InChI is InChI=1S/C17H23N3O2.ClH/c1-9(2)15(18)17(22)19-8-13(21)20-16-12-7-10-5-3-4-6-11(10)14(12)16;/h3-6,9,12,14-16H,7-8,18H2,1-2H3,(H,19,22)(H,20,21);1H/t12?,14?,15-,16?;/m0./s1. The summed E-state index contributed by atoms with van der Waals surface area (Å²) in [6, 6.07) is 8.07. The zero-order chi connectivity index (χ0) is 15.9. The summed E-state index contributed by atoms with van der Waals surface area (Å²) in [7, 11) is 0. The Morgan fingerprint density at radius 3 is 2.70 bits per heavy atom. The average Bonchev–Trinajstić information content (AvgIpc) is 3.01. The molecule has 3 unspecified atom stereocenters. The van der Waals surface area contributed by atoms with Gasteiger partial charge in [0.15, 0.2) is 0 Å². The van der Waals surface area contributed by atoms with Gasteiger partial charge in [-0.15, -0.1) is 12.4 Å². The van der Waals surface area contributed by atoms with Gasteiger partial charge in [0.25, 0.3) is 0 Å². The molecule has 4 N–H and O–H groups in total. The van der Waals surface area contributed by atoms with E-state index in [-0.39, 0.29) is 42.7 Å². The van der Waals surface area contributed by atoms with E-state index in [1.165, 1.54) is 11.1 Å². The number of hydrogen-bond donors (Lipinski definition) is 3.